The number of hydrogen-bond donors (Lipinski definition) is 1. The maximum absolute atomic E-state index is 12.3. The van der Waals surface area contributed by atoms with Gasteiger partial charge in [-0.3, -0.25) is 9.59 Å². The number of carbonyl (C=O) groups is 2. The maximum Gasteiger partial charge on any atom is 0.254 e. The number of rotatable bonds is 3. The Balaban J connectivity index is 1.94. The third-order valence-corrected chi connectivity index (χ3v) is 3.80. The van der Waals surface area contributed by atoms with E-state index in [0.29, 0.717) is 35.6 Å². The van der Waals surface area contributed by atoms with Crippen LogP contribution in [-0.4, -0.2) is 34.8 Å². The Morgan fingerprint density at radius 1 is 1.42 bits per heavy atom. The van der Waals surface area contributed by atoms with Crippen LogP contribution in [0.25, 0.3) is 0 Å². The molecule has 1 fully saturated rings. The van der Waals surface area contributed by atoms with E-state index in [4.69, 9.17) is 5.73 Å². The highest BCUT2D eigenvalue weighted by molar-refractivity contribution is 9.10. The summed E-state index contributed by atoms with van der Waals surface area (Å²) in [6.07, 6.45) is 3.70. The molecule has 2 amide bonds. The van der Waals surface area contributed by atoms with Gasteiger partial charge in [-0.25, -0.2) is 4.98 Å². The third-order valence-electron chi connectivity index (χ3n) is 3.37. The summed E-state index contributed by atoms with van der Waals surface area (Å²) in [7, 11) is 0. The van der Waals surface area contributed by atoms with Gasteiger partial charge in [0.05, 0.1) is 0 Å². The van der Waals surface area contributed by atoms with Crippen molar-refractivity contribution in [2.45, 2.75) is 19.3 Å². The molecule has 1 aromatic heterocycles. The van der Waals surface area contributed by atoms with Crippen LogP contribution < -0.4 is 5.73 Å². The Bertz CT molecular complexity index is 485. The highest BCUT2D eigenvalue weighted by Gasteiger charge is 2.24. The molecule has 0 aliphatic carbocycles. The van der Waals surface area contributed by atoms with Gasteiger partial charge in [-0.05, 0) is 46.8 Å². The number of hydrogen-bond acceptors (Lipinski definition) is 3. The number of amides is 2. The van der Waals surface area contributed by atoms with Crippen LogP contribution in [-0.2, 0) is 4.79 Å². The molecule has 19 heavy (non-hydrogen) atoms. The first kappa shape index (κ1) is 14.0. The zero-order valence-electron chi connectivity index (χ0n) is 10.5. The van der Waals surface area contributed by atoms with Gasteiger partial charge in [-0.1, -0.05) is 0 Å². The first-order valence-corrected chi connectivity index (χ1v) is 7.04. The van der Waals surface area contributed by atoms with E-state index in [2.05, 4.69) is 20.9 Å². The van der Waals surface area contributed by atoms with Crippen LogP contribution in [0.4, 0.5) is 0 Å². The molecule has 0 saturated carbocycles. The van der Waals surface area contributed by atoms with E-state index in [1.54, 1.807) is 18.3 Å². The van der Waals surface area contributed by atoms with E-state index >= 15 is 0 Å². The van der Waals surface area contributed by atoms with Crippen LogP contribution >= 0.6 is 15.9 Å². The smallest absolute Gasteiger partial charge is 0.254 e. The number of piperidine rings is 1. The molecule has 0 bridgehead atoms. The topological polar surface area (TPSA) is 76.3 Å². The average molecular weight is 326 g/mol. The molecule has 0 radical (unpaired) electrons. The lowest BCUT2D eigenvalue weighted by atomic mass is 9.93. The van der Waals surface area contributed by atoms with Gasteiger partial charge in [0.25, 0.3) is 5.91 Å². The lowest BCUT2D eigenvalue weighted by molar-refractivity contribution is -0.119. The molecule has 6 heteroatoms. The van der Waals surface area contributed by atoms with Crippen molar-refractivity contribution < 1.29 is 9.59 Å². The van der Waals surface area contributed by atoms with E-state index in [-0.39, 0.29) is 11.8 Å². The predicted molar refractivity (Wildman–Crippen MR) is 74.4 cm³/mol. The normalized spacial score (nSPS) is 16.4. The summed E-state index contributed by atoms with van der Waals surface area (Å²) >= 11 is 3.26. The molecule has 5 nitrogen and oxygen atoms in total. The molecule has 0 unspecified atom stereocenters. The molecular formula is C13H16BrN3O2. The second-order valence-corrected chi connectivity index (χ2v) is 5.59. The number of pyridine rings is 1. The van der Waals surface area contributed by atoms with Crippen LogP contribution in [0.15, 0.2) is 22.9 Å². The summed E-state index contributed by atoms with van der Waals surface area (Å²) < 4.78 is 0.655. The standard InChI is InChI=1S/C13H16BrN3O2/c14-11-8-10(1-4-16-11)13(19)17-5-2-9(3-6-17)7-12(15)18/h1,4,8-9H,2-3,5-7H2,(H2,15,18). The van der Waals surface area contributed by atoms with Gasteiger partial charge >= 0.3 is 0 Å². The van der Waals surface area contributed by atoms with E-state index in [9.17, 15) is 9.59 Å². The van der Waals surface area contributed by atoms with Crippen LogP contribution in [0.2, 0.25) is 0 Å². The van der Waals surface area contributed by atoms with Crippen molar-refractivity contribution in [1.29, 1.82) is 0 Å². The zero-order chi connectivity index (χ0) is 13.8. The lowest BCUT2D eigenvalue weighted by Gasteiger charge is -2.31. The molecular weight excluding hydrogens is 310 g/mol. The quantitative estimate of drug-likeness (QED) is 0.857. The molecule has 0 aromatic carbocycles. The number of nitrogens with two attached hydrogens (primary N) is 1. The number of halogens is 1. The van der Waals surface area contributed by atoms with Crippen LogP contribution in [0, 0.1) is 5.92 Å². The van der Waals surface area contributed by atoms with E-state index in [1.165, 1.54) is 0 Å². The van der Waals surface area contributed by atoms with Crippen molar-refractivity contribution in [1.82, 2.24) is 9.88 Å². The largest absolute Gasteiger partial charge is 0.370 e. The van der Waals surface area contributed by atoms with Gasteiger partial charge in [-0.15, -0.1) is 0 Å². The summed E-state index contributed by atoms with van der Waals surface area (Å²) in [6, 6.07) is 3.43. The Morgan fingerprint density at radius 2 is 2.11 bits per heavy atom. The first-order chi connectivity index (χ1) is 9.06. The van der Waals surface area contributed by atoms with Crippen molar-refractivity contribution in [3.63, 3.8) is 0 Å². The SMILES string of the molecule is NC(=O)CC1CCN(C(=O)c2ccnc(Br)c2)CC1. The molecule has 2 rings (SSSR count). The van der Waals surface area contributed by atoms with E-state index in [1.807, 2.05) is 4.90 Å². The Hall–Kier alpha value is -1.43. The summed E-state index contributed by atoms with van der Waals surface area (Å²) in [5, 5.41) is 0. The number of primary amides is 1. The molecule has 1 aromatic rings. The van der Waals surface area contributed by atoms with Gasteiger partial charge in [0.1, 0.15) is 4.60 Å². The summed E-state index contributed by atoms with van der Waals surface area (Å²) in [4.78, 5) is 29.0. The molecule has 102 valence electrons. The fourth-order valence-corrected chi connectivity index (χ4v) is 2.71. The molecule has 0 spiro atoms. The number of carbonyl (C=O) groups excluding carboxylic acids is 2. The van der Waals surface area contributed by atoms with E-state index in [0.717, 1.165) is 12.8 Å². The minimum atomic E-state index is -0.261. The fourth-order valence-electron chi connectivity index (χ4n) is 2.34. The Kier molecular flexibility index (Phi) is 4.52. The fraction of sp³-hybridized carbons (Fsp3) is 0.462. The van der Waals surface area contributed by atoms with Gasteiger partial charge in [0.15, 0.2) is 0 Å². The lowest BCUT2D eigenvalue weighted by Crippen LogP contribution is -2.39. The maximum atomic E-state index is 12.3. The summed E-state index contributed by atoms with van der Waals surface area (Å²) in [5.74, 6) is 0.0641. The zero-order valence-corrected chi connectivity index (χ0v) is 12.1. The molecule has 1 aliphatic heterocycles. The van der Waals surface area contributed by atoms with Crippen molar-refractivity contribution in [3.8, 4) is 0 Å². The minimum Gasteiger partial charge on any atom is -0.370 e. The van der Waals surface area contributed by atoms with Crippen molar-refractivity contribution >= 4 is 27.7 Å². The van der Waals surface area contributed by atoms with Crippen molar-refractivity contribution in [2.75, 3.05) is 13.1 Å². The second-order valence-electron chi connectivity index (χ2n) is 4.77. The molecule has 1 aliphatic rings. The van der Waals surface area contributed by atoms with Crippen LogP contribution in [0.3, 0.4) is 0 Å². The Morgan fingerprint density at radius 3 is 2.68 bits per heavy atom. The number of aromatic nitrogens is 1. The number of likely N-dealkylation sites (tertiary alicyclic amines) is 1. The summed E-state index contributed by atoms with van der Waals surface area (Å²) in [5.41, 5.74) is 5.83. The molecule has 2 heterocycles. The van der Waals surface area contributed by atoms with Gasteiger partial charge in [0, 0.05) is 31.3 Å². The van der Waals surface area contributed by atoms with Gasteiger partial charge in [0.2, 0.25) is 5.91 Å². The minimum absolute atomic E-state index is 0.0145. The van der Waals surface area contributed by atoms with Crippen molar-refractivity contribution in [2.24, 2.45) is 11.7 Å². The average Bonchev–Trinajstić information content (AvgIpc) is 2.38. The van der Waals surface area contributed by atoms with E-state index < -0.39 is 0 Å². The highest BCUT2D eigenvalue weighted by atomic mass is 79.9. The van der Waals surface area contributed by atoms with Crippen LogP contribution in [0.5, 0.6) is 0 Å². The monoisotopic (exact) mass is 325 g/mol. The number of nitrogens with zero attached hydrogens (tertiary/aromatic N) is 2. The molecule has 2 N–H and O–H groups in total. The third kappa shape index (κ3) is 3.76. The molecule has 0 atom stereocenters. The predicted octanol–water partition coefficient (Wildman–Crippen LogP) is 1.57. The van der Waals surface area contributed by atoms with Crippen molar-refractivity contribution in [3.05, 3.63) is 28.5 Å². The Labute approximate surface area is 120 Å². The van der Waals surface area contributed by atoms with Gasteiger partial charge in [-0.2, -0.15) is 0 Å². The summed E-state index contributed by atoms with van der Waals surface area (Å²) in [6.45, 7) is 1.35. The molecule has 1 saturated heterocycles. The highest BCUT2D eigenvalue weighted by Crippen LogP contribution is 2.22. The first-order valence-electron chi connectivity index (χ1n) is 6.25. The van der Waals surface area contributed by atoms with Crippen LogP contribution in [0.1, 0.15) is 29.6 Å². The second kappa shape index (κ2) is 6.14. The van der Waals surface area contributed by atoms with Gasteiger partial charge < -0.3 is 10.6 Å².